The number of primary amides is 1. The maximum Gasteiger partial charge on any atom is 0.251 e. The van der Waals surface area contributed by atoms with Crippen molar-refractivity contribution in [3.05, 3.63) is 75.0 Å². The molecule has 2 aromatic heterocycles. The molecule has 0 bridgehead atoms. The van der Waals surface area contributed by atoms with Crippen molar-refractivity contribution >= 4 is 45.9 Å². The summed E-state index contributed by atoms with van der Waals surface area (Å²) in [5, 5.41) is 20.1. The number of hydrogen-bond acceptors (Lipinski definition) is 6. The number of halogens is 4. The van der Waals surface area contributed by atoms with E-state index < -0.39 is 39.5 Å². The molecule has 2 fully saturated rings. The Labute approximate surface area is 260 Å². The van der Waals surface area contributed by atoms with E-state index in [2.05, 4.69) is 15.4 Å². The highest BCUT2D eigenvalue weighted by atomic mass is 35.5. The number of ether oxygens (including phenoxy) is 1. The zero-order chi connectivity index (χ0) is 31.1. The maximum atomic E-state index is 14.5. The Morgan fingerprint density at radius 1 is 1.16 bits per heavy atom. The fraction of sp³-hybridized carbons (Fsp3) is 0.355. The van der Waals surface area contributed by atoms with Crippen LogP contribution in [0.3, 0.4) is 0 Å². The predicted molar refractivity (Wildman–Crippen MR) is 159 cm³/mol. The van der Waals surface area contributed by atoms with Crippen molar-refractivity contribution in [2.45, 2.75) is 49.7 Å². The second-order valence-electron chi connectivity index (χ2n) is 12.1. The third-order valence-electron chi connectivity index (χ3n) is 8.85. The lowest BCUT2D eigenvalue weighted by molar-refractivity contribution is -0.123. The van der Waals surface area contributed by atoms with Crippen molar-refractivity contribution in [1.82, 2.24) is 20.1 Å². The molecule has 44 heavy (non-hydrogen) atoms. The number of hydrogen-bond donors (Lipinski definition) is 3. The normalized spacial score (nSPS) is 20.7. The number of rotatable bonds is 8. The second kappa shape index (κ2) is 10.1. The number of carbonyl (C=O) groups excluding carboxylic acids is 2. The summed E-state index contributed by atoms with van der Waals surface area (Å²) in [7, 11) is 0. The monoisotopic (exact) mass is 641 g/mol. The molecule has 228 valence electrons. The highest BCUT2D eigenvalue weighted by Crippen LogP contribution is 2.50. The number of pyridine rings is 1. The molecule has 2 amide bonds. The van der Waals surface area contributed by atoms with E-state index in [4.69, 9.17) is 33.7 Å². The standard InChI is InChI=1S/C31H27Cl2F2N5O4/c1-30(29(36)42)13-44-27-19(30)10-23(38-26(27)14-7-20(32)24(35)22(34)9-14)31(43,17-2-3-17)12-37-28(41)15-6-16-11-40(18-4-5-18)39-25(16)21(33)8-15/h6-11,17-18,43H,2-5,12-13H2,1H3,(H2,36,42)(H,37,41)/t30-,31?/m0/s1. The maximum absolute atomic E-state index is 14.5. The van der Waals surface area contributed by atoms with Crippen LogP contribution in [0.2, 0.25) is 10.0 Å². The molecule has 1 unspecified atom stereocenters. The Balaban J connectivity index is 1.27. The van der Waals surface area contributed by atoms with E-state index in [1.165, 1.54) is 18.2 Å². The molecular formula is C31H27Cl2F2N5O4. The van der Waals surface area contributed by atoms with Crippen molar-refractivity contribution in [2.75, 3.05) is 13.2 Å². The van der Waals surface area contributed by atoms with Crippen LogP contribution in [-0.4, -0.2) is 44.8 Å². The molecule has 2 aromatic carbocycles. The van der Waals surface area contributed by atoms with Crippen LogP contribution in [0, 0.1) is 17.6 Å². The van der Waals surface area contributed by atoms with Gasteiger partial charge in [0.1, 0.15) is 34.6 Å². The van der Waals surface area contributed by atoms with Crippen LogP contribution in [0.25, 0.3) is 22.2 Å². The quantitative estimate of drug-likeness (QED) is 0.227. The molecule has 4 aromatic rings. The third kappa shape index (κ3) is 4.69. The first-order valence-corrected chi connectivity index (χ1v) is 15.0. The molecule has 3 heterocycles. The summed E-state index contributed by atoms with van der Waals surface area (Å²) in [5.74, 6) is -3.70. The van der Waals surface area contributed by atoms with E-state index in [0.29, 0.717) is 40.5 Å². The van der Waals surface area contributed by atoms with Crippen molar-refractivity contribution in [3.8, 4) is 17.0 Å². The Morgan fingerprint density at radius 3 is 2.57 bits per heavy atom. The fourth-order valence-electron chi connectivity index (χ4n) is 5.79. The minimum absolute atomic E-state index is 0.0542. The smallest absolute Gasteiger partial charge is 0.251 e. The molecule has 2 saturated carbocycles. The molecule has 1 aliphatic heterocycles. The molecular weight excluding hydrogens is 615 g/mol. The van der Waals surface area contributed by atoms with Crippen molar-refractivity contribution in [1.29, 1.82) is 0 Å². The number of benzene rings is 2. The number of nitrogens with two attached hydrogens (primary N) is 1. The van der Waals surface area contributed by atoms with Gasteiger partial charge in [0.05, 0.1) is 28.3 Å². The number of fused-ring (bicyclic) bond motifs is 2. The summed E-state index contributed by atoms with van der Waals surface area (Å²) < 4.78 is 36.2. The van der Waals surface area contributed by atoms with Gasteiger partial charge in [-0.15, -0.1) is 0 Å². The number of aromatic nitrogens is 3. The van der Waals surface area contributed by atoms with Gasteiger partial charge in [0, 0.05) is 28.3 Å². The molecule has 3 aliphatic rings. The Kier molecular flexibility index (Phi) is 6.65. The van der Waals surface area contributed by atoms with E-state index >= 15 is 0 Å². The third-order valence-corrected chi connectivity index (χ3v) is 9.41. The van der Waals surface area contributed by atoms with Gasteiger partial charge in [0.25, 0.3) is 5.91 Å². The van der Waals surface area contributed by atoms with Crippen LogP contribution in [0.5, 0.6) is 5.75 Å². The molecule has 13 heteroatoms. The Morgan fingerprint density at radius 2 is 1.91 bits per heavy atom. The second-order valence-corrected chi connectivity index (χ2v) is 12.9. The van der Waals surface area contributed by atoms with Crippen LogP contribution < -0.4 is 15.8 Å². The fourth-order valence-corrected chi connectivity index (χ4v) is 6.26. The van der Waals surface area contributed by atoms with Crippen LogP contribution >= 0.6 is 23.2 Å². The SMILES string of the molecule is C[C@]1(C(N)=O)COc2c1cc(C(O)(CNC(=O)c1cc(Cl)c3nn(C4CC4)cc3c1)C1CC1)nc2-c1cc(F)c(F)c(Cl)c1. The Hall–Kier alpha value is -3.80. The van der Waals surface area contributed by atoms with Crippen molar-refractivity contribution in [3.63, 3.8) is 0 Å². The number of amides is 2. The van der Waals surface area contributed by atoms with E-state index in [9.17, 15) is 23.5 Å². The van der Waals surface area contributed by atoms with Gasteiger partial charge in [-0.2, -0.15) is 5.10 Å². The lowest BCUT2D eigenvalue weighted by atomic mass is 9.81. The summed E-state index contributed by atoms with van der Waals surface area (Å²) in [6, 6.07) is 7.23. The summed E-state index contributed by atoms with van der Waals surface area (Å²) in [6.45, 7) is 1.24. The first kappa shape index (κ1) is 28.9. The van der Waals surface area contributed by atoms with Gasteiger partial charge in [-0.3, -0.25) is 14.3 Å². The molecule has 2 aliphatic carbocycles. The van der Waals surface area contributed by atoms with E-state index in [1.807, 2.05) is 10.9 Å². The van der Waals surface area contributed by atoms with Gasteiger partial charge in [-0.25, -0.2) is 13.8 Å². The minimum Gasteiger partial charge on any atom is -0.489 e. The summed E-state index contributed by atoms with van der Waals surface area (Å²) in [4.78, 5) is 30.6. The van der Waals surface area contributed by atoms with Gasteiger partial charge in [0.2, 0.25) is 5.91 Å². The molecule has 4 N–H and O–H groups in total. The van der Waals surface area contributed by atoms with E-state index in [1.54, 1.807) is 13.0 Å². The van der Waals surface area contributed by atoms with Gasteiger partial charge in [-0.05, 0) is 68.9 Å². The number of carbonyl (C=O) groups is 2. The summed E-state index contributed by atoms with van der Waals surface area (Å²) >= 11 is 12.4. The van der Waals surface area contributed by atoms with Crippen molar-refractivity contribution < 1.29 is 28.2 Å². The largest absolute Gasteiger partial charge is 0.489 e. The number of nitrogens with one attached hydrogen (secondary N) is 1. The lowest BCUT2D eigenvalue weighted by Crippen LogP contribution is -2.44. The predicted octanol–water partition coefficient (Wildman–Crippen LogP) is 5.18. The van der Waals surface area contributed by atoms with Crippen LogP contribution in [0.1, 0.15) is 60.3 Å². The van der Waals surface area contributed by atoms with Gasteiger partial charge in [-0.1, -0.05) is 23.2 Å². The van der Waals surface area contributed by atoms with Gasteiger partial charge < -0.3 is 20.9 Å². The summed E-state index contributed by atoms with van der Waals surface area (Å²) in [5.41, 5.74) is 4.27. The van der Waals surface area contributed by atoms with Crippen molar-refractivity contribution in [2.24, 2.45) is 11.7 Å². The first-order chi connectivity index (χ1) is 20.9. The van der Waals surface area contributed by atoms with Gasteiger partial charge >= 0.3 is 0 Å². The number of aliphatic hydroxyl groups is 1. The Bertz CT molecular complexity index is 1870. The van der Waals surface area contributed by atoms with Gasteiger partial charge in [0.15, 0.2) is 11.6 Å². The van der Waals surface area contributed by atoms with Crippen LogP contribution in [0.4, 0.5) is 8.78 Å². The molecule has 0 radical (unpaired) electrons. The molecule has 9 nitrogen and oxygen atoms in total. The van der Waals surface area contributed by atoms with E-state index in [-0.39, 0.29) is 41.8 Å². The minimum atomic E-state index is -1.69. The van der Waals surface area contributed by atoms with Crippen LogP contribution in [-0.2, 0) is 15.8 Å². The highest BCUT2D eigenvalue weighted by molar-refractivity contribution is 6.35. The van der Waals surface area contributed by atoms with E-state index in [0.717, 1.165) is 24.3 Å². The molecule has 0 saturated heterocycles. The topological polar surface area (TPSA) is 132 Å². The zero-order valence-corrected chi connectivity index (χ0v) is 25.0. The first-order valence-electron chi connectivity index (χ1n) is 14.2. The lowest BCUT2D eigenvalue weighted by Gasteiger charge is -2.30. The zero-order valence-electron chi connectivity index (χ0n) is 23.5. The summed E-state index contributed by atoms with van der Waals surface area (Å²) in [6.07, 6.45) is 5.27. The molecule has 7 rings (SSSR count). The molecule has 0 spiro atoms. The highest BCUT2D eigenvalue weighted by Gasteiger charge is 2.50. The average molecular weight is 642 g/mol. The van der Waals surface area contributed by atoms with Crippen LogP contribution in [0.15, 0.2) is 36.5 Å². The average Bonchev–Trinajstić information content (AvgIpc) is 3.93. The molecule has 2 atom stereocenters. The number of nitrogens with zero attached hydrogens (tertiary/aromatic N) is 3.